The van der Waals surface area contributed by atoms with E-state index < -0.39 is 0 Å². The number of rotatable bonds is 5. The lowest BCUT2D eigenvalue weighted by molar-refractivity contribution is 0.402. The average Bonchev–Trinajstić information content (AvgIpc) is 3.48. The summed E-state index contributed by atoms with van der Waals surface area (Å²) in [6, 6.07) is 16.6. The Morgan fingerprint density at radius 2 is 1.74 bits per heavy atom. The van der Waals surface area contributed by atoms with Crippen molar-refractivity contribution in [1.82, 2.24) is 35.0 Å². The molecule has 7 heteroatoms. The molecule has 5 aromatic heterocycles. The molecule has 0 fully saturated rings. The number of hydrogen-bond donors (Lipinski definition) is 2. The van der Waals surface area contributed by atoms with E-state index in [2.05, 4.69) is 79.5 Å². The molecule has 0 radical (unpaired) electrons. The zero-order chi connectivity index (χ0) is 23.1. The summed E-state index contributed by atoms with van der Waals surface area (Å²) in [7, 11) is 4.12. The van der Waals surface area contributed by atoms with Gasteiger partial charge in [0.15, 0.2) is 0 Å². The van der Waals surface area contributed by atoms with Gasteiger partial charge in [-0.3, -0.25) is 20.1 Å². The summed E-state index contributed by atoms with van der Waals surface area (Å²) >= 11 is 0. The van der Waals surface area contributed by atoms with Crippen LogP contribution >= 0.6 is 0 Å². The first-order chi connectivity index (χ1) is 16.7. The molecule has 5 heterocycles. The molecule has 0 unspecified atom stereocenters. The zero-order valence-corrected chi connectivity index (χ0v) is 18.9. The van der Waals surface area contributed by atoms with Gasteiger partial charge in [-0.1, -0.05) is 12.1 Å². The van der Waals surface area contributed by atoms with E-state index in [-0.39, 0.29) is 0 Å². The molecule has 0 saturated carbocycles. The Labute approximate surface area is 196 Å². The van der Waals surface area contributed by atoms with Crippen molar-refractivity contribution in [2.24, 2.45) is 0 Å². The van der Waals surface area contributed by atoms with Crippen LogP contribution in [0.15, 0.2) is 79.5 Å². The van der Waals surface area contributed by atoms with Crippen LogP contribution in [-0.2, 0) is 6.54 Å². The quantitative estimate of drug-likeness (QED) is 0.376. The van der Waals surface area contributed by atoms with E-state index >= 15 is 0 Å². The number of aromatic amines is 2. The molecular formula is C27H23N7. The van der Waals surface area contributed by atoms with Gasteiger partial charge >= 0.3 is 0 Å². The monoisotopic (exact) mass is 445 g/mol. The summed E-state index contributed by atoms with van der Waals surface area (Å²) in [4.78, 5) is 19.0. The maximum Gasteiger partial charge on any atom is 0.116 e. The molecular weight excluding hydrogens is 422 g/mol. The molecule has 34 heavy (non-hydrogen) atoms. The highest BCUT2D eigenvalue weighted by Crippen LogP contribution is 2.34. The molecule has 166 valence electrons. The van der Waals surface area contributed by atoms with Gasteiger partial charge in [-0.15, -0.1) is 0 Å². The largest absolute Gasteiger partial charge is 0.352 e. The van der Waals surface area contributed by atoms with E-state index in [4.69, 9.17) is 0 Å². The van der Waals surface area contributed by atoms with Gasteiger partial charge in [0.1, 0.15) is 5.69 Å². The van der Waals surface area contributed by atoms with Gasteiger partial charge < -0.3 is 9.88 Å². The predicted molar refractivity (Wildman–Crippen MR) is 135 cm³/mol. The van der Waals surface area contributed by atoms with Crippen molar-refractivity contribution in [2.45, 2.75) is 6.54 Å². The van der Waals surface area contributed by atoms with Gasteiger partial charge in [0.05, 0.1) is 28.6 Å². The number of nitrogens with one attached hydrogen (secondary N) is 2. The second kappa shape index (κ2) is 8.20. The molecule has 0 atom stereocenters. The lowest BCUT2D eigenvalue weighted by Crippen LogP contribution is -2.10. The lowest BCUT2D eigenvalue weighted by Gasteiger charge is -2.10. The first kappa shape index (κ1) is 20.3. The van der Waals surface area contributed by atoms with Crippen molar-refractivity contribution in [1.29, 1.82) is 0 Å². The second-order valence-corrected chi connectivity index (χ2v) is 8.70. The third-order valence-electron chi connectivity index (χ3n) is 5.93. The third-order valence-corrected chi connectivity index (χ3v) is 5.93. The van der Waals surface area contributed by atoms with Crippen LogP contribution in [0.25, 0.3) is 55.6 Å². The molecule has 0 amide bonds. The number of benzene rings is 1. The fraction of sp³-hybridized carbons (Fsp3) is 0.111. The topological polar surface area (TPSA) is 86.4 Å². The Balaban J connectivity index is 1.45. The Kier molecular flexibility index (Phi) is 4.89. The minimum absolute atomic E-state index is 0.849. The van der Waals surface area contributed by atoms with E-state index in [1.807, 2.05) is 43.0 Å². The van der Waals surface area contributed by atoms with Crippen molar-refractivity contribution in [3.8, 4) is 33.8 Å². The maximum absolute atomic E-state index is 4.64. The summed E-state index contributed by atoms with van der Waals surface area (Å²) in [5, 5.41) is 9.93. The number of hydrogen-bond acceptors (Lipinski definition) is 5. The van der Waals surface area contributed by atoms with Crippen LogP contribution in [0.2, 0.25) is 0 Å². The fourth-order valence-corrected chi connectivity index (χ4v) is 4.40. The standard InChI is InChI=1S/C27H23N7/c1-34(2)16-17-9-19(13-28-12-17)18-6-7-24-21(10-18)27(33-32-24)25-11-20-22(14-29-15-26(20)31-25)23-5-3-4-8-30-23/h3-15,31H,16H2,1-2H3,(H,32,33). The average molecular weight is 446 g/mol. The van der Waals surface area contributed by atoms with Crippen molar-refractivity contribution in [2.75, 3.05) is 14.1 Å². The van der Waals surface area contributed by atoms with E-state index in [0.29, 0.717) is 0 Å². The predicted octanol–water partition coefficient (Wildman–Crippen LogP) is 5.29. The van der Waals surface area contributed by atoms with Crippen LogP contribution in [0.5, 0.6) is 0 Å². The van der Waals surface area contributed by atoms with Crippen LogP contribution in [-0.4, -0.2) is 49.1 Å². The maximum atomic E-state index is 4.64. The molecule has 0 saturated heterocycles. The molecule has 6 aromatic rings. The fourth-order valence-electron chi connectivity index (χ4n) is 4.40. The smallest absolute Gasteiger partial charge is 0.116 e. The van der Waals surface area contributed by atoms with Gasteiger partial charge in [0.25, 0.3) is 0 Å². The Bertz CT molecular complexity index is 1610. The molecule has 0 spiro atoms. The number of pyridine rings is 3. The van der Waals surface area contributed by atoms with Gasteiger partial charge in [0.2, 0.25) is 0 Å². The summed E-state index contributed by atoms with van der Waals surface area (Å²) in [6.07, 6.45) is 9.33. The molecule has 0 aliphatic heterocycles. The van der Waals surface area contributed by atoms with Crippen LogP contribution in [0, 0.1) is 0 Å². The van der Waals surface area contributed by atoms with Crippen LogP contribution in [0.4, 0.5) is 0 Å². The number of aromatic nitrogens is 6. The lowest BCUT2D eigenvalue weighted by atomic mass is 10.0. The highest BCUT2D eigenvalue weighted by molar-refractivity contribution is 6.01. The third kappa shape index (κ3) is 3.62. The van der Waals surface area contributed by atoms with Crippen molar-refractivity contribution in [3.05, 3.63) is 85.1 Å². The van der Waals surface area contributed by atoms with Gasteiger partial charge in [-0.25, -0.2) is 0 Å². The van der Waals surface area contributed by atoms with E-state index in [1.165, 1.54) is 5.56 Å². The Morgan fingerprint density at radius 1 is 0.824 bits per heavy atom. The molecule has 6 rings (SSSR count). The molecule has 0 aliphatic carbocycles. The highest BCUT2D eigenvalue weighted by atomic mass is 15.1. The van der Waals surface area contributed by atoms with E-state index in [1.54, 1.807) is 6.20 Å². The summed E-state index contributed by atoms with van der Waals surface area (Å²) in [5.74, 6) is 0. The summed E-state index contributed by atoms with van der Waals surface area (Å²) < 4.78 is 0. The van der Waals surface area contributed by atoms with E-state index in [0.717, 1.165) is 62.1 Å². The zero-order valence-electron chi connectivity index (χ0n) is 18.9. The normalized spacial score (nSPS) is 11.6. The Hall–Kier alpha value is -4.36. The molecule has 0 bridgehead atoms. The molecule has 7 nitrogen and oxygen atoms in total. The van der Waals surface area contributed by atoms with Crippen molar-refractivity contribution in [3.63, 3.8) is 0 Å². The Morgan fingerprint density at radius 3 is 2.59 bits per heavy atom. The molecule has 1 aromatic carbocycles. The first-order valence-electron chi connectivity index (χ1n) is 11.1. The first-order valence-corrected chi connectivity index (χ1v) is 11.1. The molecule has 2 N–H and O–H groups in total. The number of nitrogens with zero attached hydrogens (tertiary/aromatic N) is 5. The number of fused-ring (bicyclic) bond motifs is 2. The van der Waals surface area contributed by atoms with Crippen LogP contribution < -0.4 is 0 Å². The van der Waals surface area contributed by atoms with Crippen LogP contribution in [0.3, 0.4) is 0 Å². The number of H-pyrrole nitrogens is 2. The van der Waals surface area contributed by atoms with Gasteiger partial charge in [-0.05, 0) is 61.6 Å². The van der Waals surface area contributed by atoms with Crippen molar-refractivity contribution >= 4 is 21.8 Å². The minimum Gasteiger partial charge on any atom is -0.352 e. The van der Waals surface area contributed by atoms with E-state index in [9.17, 15) is 0 Å². The summed E-state index contributed by atoms with van der Waals surface area (Å²) in [6.45, 7) is 0.849. The van der Waals surface area contributed by atoms with Crippen molar-refractivity contribution < 1.29 is 0 Å². The van der Waals surface area contributed by atoms with Crippen LogP contribution in [0.1, 0.15) is 5.56 Å². The van der Waals surface area contributed by atoms with Gasteiger partial charge in [-0.2, -0.15) is 5.10 Å². The SMILES string of the molecule is CN(C)Cc1cncc(-c2ccc3[nH]nc(-c4cc5c(-c6ccccn6)cncc5[nH]4)c3c2)c1. The van der Waals surface area contributed by atoms with Gasteiger partial charge in [0, 0.05) is 53.2 Å². The minimum atomic E-state index is 0.849. The second-order valence-electron chi connectivity index (χ2n) is 8.70. The molecule has 0 aliphatic rings. The highest BCUT2D eigenvalue weighted by Gasteiger charge is 2.15. The summed E-state index contributed by atoms with van der Waals surface area (Å²) in [5.41, 5.74) is 9.00.